The van der Waals surface area contributed by atoms with E-state index in [1.165, 1.54) is 0 Å². The second-order valence-electron chi connectivity index (χ2n) is 3.97. The highest BCUT2D eigenvalue weighted by molar-refractivity contribution is 5.42. The van der Waals surface area contributed by atoms with E-state index in [4.69, 9.17) is 14.7 Å². The van der Waals surface area contributed by atoms with Gasteiger partial charge < -0.3 is 9.47 Å². The van der Waals surface area contributed by atoms with Crippen LogP contribution in [0.1, 0.15) is 18.4 Å². The second kappa shape index (κ2) is 5.53. The predicted octanol–water partition coefficient (Wildman–Crippen LogP) is 2.36. The maximum absolute atomic E-state index is 8.91. The van der Waals surface area contributed by atoms with Gasteiger partial charge in [-0.05, 0) is 30.9 Å². The molecule has 0 saturated carbocycles. The van der Waals surface area contributed by atoms with Gasteiger partial charge in [0.1, 0.15) is 11.8 Å². The van der Waals surface area contributed by atoms with E-state index in [0.717, 1.165) is 26.1 Å². The van der Waals surface area contributed by atoms with Gasteiger partial charge in [-0.1, -0.05) is 12.1 Å². The number of hydrogen-bond acceptors (Lipinski definition) is 3. The van der Waals surface area contributed by atoms with Crippen LogP contribution in [0.5, 0.6) is 5.75 Å². The number of para-hydroxylation sites is 1. The molecule has 0 aliphatic carbocycles. The summed E-state index contributed by atoms with van der Waals surface area (Å²) in [6.45, 7) is 2.34. The monoisotopic (exact) mass is 217 g/mol. The molecule has 16 heavy (non-hydrogen) atoms. The van der Waals surface area contributed by atoms with Crippen LogP contribution in [0.4, 0.5) is 0 Å². The summed E-state index contributed by atoms with van der Waals surface area (Å²) in [6.07, 6.45) is 2.10. The Kier molecular flexibility index (Phi) is 3.79. The zero-order valence-corrected chi connectivity index (χ0v) is 9.19. The average molecular weight is 217 g/mol. The lowest BCUT2D eigenvalue weighted by Gasteiger charge is -2.22. The fraction of sp³-hybridized carbons (Fsp3) is 0.462. The summed E-state index contributed by atoms with van der Waals surface area (Å²) in [7, 11) is 0. The van der Waals surface area contributed by atoms with Gasteiger partial charge in [-0.25, -0.2) is 0 Å². The zero-order valence-electron chi connectivity index (χ0n) is 9.19. The zero-order chi connectivity index (χ0) is 11.2. The van der Waals surface area contributed by atoms with Crippen LogP contribution in [-0.2, 0) is 4.74 Å². The molecule has 3 nitrogen and oxygen atoms in total. The van der Waals surface area contributed by atoms with Crippen molar-refractivity contribution in [1.29, 1.82) is 5.26 Å². The molecule has 0 amide bonds. The van der Waals surface area contributed by atoms with Crippen molar-refractivity contribution in [3.63, 3.8) is 0 Å². The Morgan fingerprint density at radius 3 is 2.81 bits per heavy atom. The number of rotatable bonds is 3. The van der Waals surface area contributed by atoms with Gasteiger partial charge >= 0.3 is 0 Å². The molecule has 0 radical (unpaired) electrons. The maximum Gasteiger partial charge on any atom is 0.137 e. The van der Waals surface area contributed by atoms with Crippen molar-refractivity contribution in [2.45, 2.75) is 12.8 Å². The van der Waals surface area contributed by atoms with Gasteiger partial charge in [-0.2, -0.15) is 5.26 Å². The van der Waals surface area contributed by atoms with E-state index >= 15 is 0 Å². The van der Waals surface area contributed by atoms with Crippen LogP contribution in [0.3, 0.4) is 0 Å². The minimum atomic E-state index is 0.556. The number of hydrogen-bond donors (Lipinski definition) is 0. The molecule has 2 rings (SSSR count). The summed E-state index contributed by atoms with van der Waals surface area (Å²) in [5.74, 6) is 1.25. The highest BCUT2D eigenvalue weighted by Gasteiger charge is 2.14. The second-order valence-corrected chi connectivity index (χ2v) is 3.97. The molecule has 3 heteroatoms. The van der Waals surface area contributed by atoms with Gasteiger partial charge in [-0.15, -0.1) is 0 Å². The van der Waals surface area contributed by atoms with E-state index in [2.05, 4.69) is 6.07 Å². The first kappa shape index (κ1) is 11.0. The highest BCUT2D eigenvalue weighted by atomic mass is 16.5. The van der Waals surface area contributed by atoms with Crippen molar-refractivity contribution in [3.05, 3.63) is 29.8 Å². The number of benzene rings is 1. The van der Waals surface area contributed by atoms with Crippen molar-refractivity contribution >= 4 is 0 Å². The van der Waals surface area contributed by atoms with Gasteiger partial charge in [0.15, 0.2) is 0 Å². The van der Waals surface area contributed by atoms with Gasteiger partial charge in [0.25, 0.3) is 0 Å². The Balaban J connectivity index is 1.91. The number of nitrogens with zero attached hydrogens (tertiary/aromatic N) is 1. The molecular formula is C13H15NO2. The SMILES string of the molecule is N#Cc1ccccc1OCC1CCOCC1. The Hall–Kier alpha value is -1.53. The molecular weight excluding hydrogens is 202 g/mol. The van der Waals surface area contributed by atoms with Crippen molar-refractivity contribution in [3.8, 4) is 11.8 Å². The molecule has 1 aliphatic heterocycles. The van der Waals surface area contributed by atoms with Crippen molar-refractivity contribution in [2.24, 2.45) is 5.92 Å². The van der Waals surface area contributed by atoms with Gasteiger partial charge in [0.05, 0.1) is 12.2 Å². The topological polar surface area (TPSA) is 42.2 Å². The lowest BCUT2D eigenvalue weighted by Crippen LogP contribution is -2.21. The minimum Gasteiger partial charge on any atom is -0.492 e. The van der Waals surface area contributed by atoms with Gasteiger partial charge in [0.2, 0.25) is 0 Å². The molecule has 0 unspecified atom stereocenters. The summed E-state index contributed by atoms with van der Waals surface area (Å²) in [5.41, 5.74) is 0.606. The molecule has 1 heterocycles. The first-order valence-electron chi connectivity index (χ1n) is 5.60. The van der Waals surface area contributed by atoms with Crippen LogP contribution in [-0.4, -0.2) is 19.8 Å². The molecule has 1 aromatic rings. The van der Waals surface area contributed by atoms with Crippen LogP contribution in [0, 0.1) is 17.2 Å². The molecule has 0 atom stereocenters. The number of nitriles is 1. The smallest absolute Gasteiger partial charge is 0.137 e. The van der Waals surface area contributed by atoms with Crippen LogP contribution >= 0.6 is 0 Å². The lowest BCUT2D eigenvalue weighted by molar-refractivity contribution is 0.0497. The predicted molar refractivity (Wildman–Crippen MR) is 60.2 cm³/mol. The molecule has 1 fully saturated rings. The third-order valence-electron chi connectivity index (χ3n) is 2.82. The standard InChI is InChI=1S/C13H15NO2/c14-9-12-3-1-2-4-13(12)16-10-11-5-7-15-8-6-11/h1-4,11H,5-8,10H2. The first-order valence-corrected chi connectivity index (χ1v) is 5.60. The molecule has 0 bridgehead atoms. The summed E-state index contributed by atoms with van der Waals surface area (Å²) < 4.78 is 11.0. The maximum atomic E-state index is 8.91. The van der Waals surface area contributed by atoms with Crippen LogP contribution in [0.25, 0.3) is 0 Å². The number of ether oxygens (including phenoxy) is 2. The molecule has 0 N–H and O–H groups in total. The third-order valence-corrected chi connectivity index (χ3v) is 2.82. The third kappa shape index (κ3) is 2.74. The van der Waals surface area contributed by atoms with Crippen LogP contribution < -0.4 is 4.74 Å². The molecule has 84 valence electrons. The summed E-state index contributed by atoms with van der Waals surface area (Å²) in [6, 6.07) is 9.49. The minimum absolute atomic E-state index is 0.556. The fourth-order valence-electron chi connectivity index (χ4n) is 1.81. The molecule has 1 aromatic carbocycles. The van der Waals surface area contributed by atoms with Gasteiger partial charge in [-0.3, -0.25) is 0 Å². The van der Waals surface area contributed by atoms with E-state index in [9.17, 15) is 0 Å². The van der Waals surface area contributed by atoms with Gasteiger partial charge in [0, 0.05) is 13.2 Å². The van der Waals surface area contributed by atoms with Crippen molar-refractivity contribution in [1.82, 2.24) is 0 Å². The van der Waals surface area contributed by atoms with Crippen molar-refractivity contribution in [2.75, 3.05) is 19.8 Å². The van der Waals surface area contributed by atoms with E-state index in [-0.39, 0.29) is 0 Å². The highest BCUT2D eigenvalue weighted by Crippen LogP contribution is 2.20. The average Bonchev–Trinajstić information content (AvgIpc) is 2.38. The molecule has 1 saturated heterocycles. The Labute approximate surface area is 95.6 Å². The fourth-order valence-corrected chi connectivity index (χ4v) is 1.81. The Morgan fingerprint density at radius 2 is 2.06 bits per heavy atom. The van der Waals surface area contributed by atoms with E-state index in [1.807, 2.05) is 18.2 Å². The Morgan fingerprint density at radius 1 is 1.31 bits per heavy atom. The Bertz CT molecular complexity index is 378. The largest absolute Gasteiger partial charge is 0.492 e. The normalized spacial score (nSPS) is 16.7. The van der Waals surface area contributed by atoms with E-state index in [0.29, 0.717) is 23.8 Å². The van der Waals surface area contributed by atoms with Crippen molar-refractivity contribution < 1.29 is 9.47 Å². The van der Waals surface area contributed by atoms with E-state index < -0.39 is 0 Å². The molecule has 0 aromatic heterocycles. The van der Waals surface area contributed by atoms with Crippen LogP contribution in [0.2, 0.25) is 0 Å². The summed E-state index contributed by atoms with van der Waals surface area (Å²) in [5, 5.41) is 8.91. The molecule has 0 spiro atoms. The summed E-state index contributed by atoms with van der Waals surface area (Å²) >= 11 is 0. The molecule has 1 aliphatic rings. The van der Waals surface area contributed by atoms with E-state index in [1.54, 1.807) is 6.07 Å². The lowest BCUT2D eigenvalue weighted by atomic mass is 10.0. The van der Waals surface area contributed by atoms with Crippen LogP contribution in [0.15, 0.2) is 24.3 Å². The quantitative estimate of drug-likeness (QED) is 0.780. The summed E-state index contributed by atoms with van der Waals surface area (Å²) in [4.78, 5) is 0. The first-order chi connectivity index (χ1) is 7.90.